The smallest absolute Gasteiger partial charge is 0.261 e. The molecule has 5 atom stereocenters. The van der Waals surface area contributed by atoms with E-state index in [-0.39, 0.29) is 36.8 Å². The van der Waals surface area contributed by atoms with E-state index in [0.29, 0.717) is 42.7 Å². The Kier molecular flexibility index (Phi) is 7.90. The first kappa shape index (κ1) is 31.4. The molecule has 0 unspecified atom stereocenters. The summed E-state index contributed by atoms with van der Waals surface area (Å²) in [7, 11) is -3.01. The molecule has 3 N–H and O–H groups in total. The van der Waals surface area contributed by atoms with E-state index in [0.717, 1.165) is 22.4 Å². The Balaban J connectivity index is 1.22. The summed E-state index contributed by atoms with van der Waals surface area (Å²) in [5, 5.41) is 19.3. The number of aliphatic hydroxyl groups is 1. The lowest BCUT2D eigenvalue weighted by atomic mass is 9.82. The van der Waals surface area contributed by atoms with Crippen LogP contribution in [0, 0.1) is 5.92 Å². The molecular weight excluding hydrogens is 613 g/mol. The molecule has 4 aliphatic heterocycles. The van der Waals surface area contributed by atoms with Crippen molar-refractivity contribution in [3.63, 3.8) is 0 Å². The van der Waals surface area contributed by atoms with Crippen LogP contribution in [0.5, 0.6) is 0 Å². The van der Waals surface area contributed by atoms with Gasteiger partial charge in [-0.2, -0.15) is 5.10 Å². The molecule has 0 aromatic heterocycles. The number of aliphatic hydroxyl groups excluding tert-OH is 1. The highest BCUT2D eigenvalue weighted by atomic mass is 28.4. The van der Waals surface area contributed by atoms with E-state index in [9.17, 15) is 24.3 Å². The van der Waals surface area contributed by atoms with E-state index in [1.54, 1.807) is 23.1 Å². The Hall–Kier alpha value is -4.16. The van der Waals surface area contributed by atoms with Crippen LogP contribution in [-0.2, 0) is 37.7 Å². The molecule has 3 aromatic rings. The summed E-state index contributed by atoms with van der Waals surface area (Å²) >= 11 is 0. The number of rotatable bonds is 6. The lowest BCUT2D eigenvalue weighted by Gasteiger charge is -2.37. The van der Waals surface area contributed by atoms with Gasteiger partial charge in [-0.05, 0) is 54.4 Å². The minimum Gasteiger partial charge on any atom is -0.432 e. The summed E-state index contributed by atoms with van der Waals surface area (Å²) in [6.07, 6.45) is 0.606. The monoisotopic (exact) mass is 652 g/mol. The number of nitrogens with one attached hydrogen (secondary N) is 1. The molecule has 0 saturated carbocycles. The van der Waals surface area contributed by atoms with Crippen LogP contribution < -0.4 is 10.3 Å². The fourth-order valence-corrected chi connectivity index (χ4v) is 10.7. The van der Waals surface area contributed by atoms with Crippen LogP contribution in [0.4, 0.5) is 11.4 Å². The van der Waals surface area contributed by atoms with Gasteiger partial charge in [0.1, 0.15) is 0 Å². The number of nitrogens with zero attached hydrogens (tertiary/aromatic N) is 3. The molecule has 1 saturated heterocycles. The Bertz CT molecular complexity index is 1770. The van der Waals surface area contributed by atoms with Crippen LogP contribution in [0.25, 0.3) is 0 Å². The van der Waals surface area contributed by atoms with Crippen molar-refractivity contribution in [2.45, 2.75) is 75.5 Å². The quantitative estimate of drug-likeness (QED) is 0.341. The minimum absolute atomic E-state index is 0.0376. The maximum absolute atomic E-state index is 14.0. The molecule has 47 heavy (non-hydrogen) atoms. The molecule has 10 nitrogen and oxygen atoms in total. The van der Waals surface area contributed by atoms with Gasteiger partial charge >= 0.3 is 0 Å². The van der Waals surface area contributed by atoms with Crippen molar-refractivity contribution >= 4 is 43.1 Å². The molecule has 244 valence electrons. The summed E-state index contributed by atoms with van der Waals surface area (Å²) in [4.78, 5) is 54.4. The second-order valence-corrected chi connectivity index (χ2v) is 17.7. The molecule has 11 heteroatoms. The van der Waals surface area contributed by atoms with Crippen LogP contribution in [0.15, 0.2) is 77.9 Å². The number of anilines is 2. The predicted molar refractivity (Wildman–Crippen MR) is 180 cm³/mol. The van der Waals surface area contributed by atoms with Crippen molar-refractivity contribution < 1.29 is 29.0 Å². The Labute approximate surface area is 275 Å². The number of fused-ring (bicyclic) bond motifs is 3. The Morgan fingerprint density at radius 2 is 1.77 bits per heavy atom. The largest absolute Gasteiger partial charge is 0.432 e. The zero-order valence-electron chi connectivity index (χ0n) is 26.8. The molecule has 3 aromatic carbocycles. The first-order valence-corrected chi connectivity index (χ1v) is 19.3. The number of hydrogen-bond donors (Lipinski definition) is 3. The third-order valence-electron chi connectivity index (χ3n) is 10.4. The molecule has 3 amide bonds. The number of benzene rings is 3. The number of carbonyl (C=O) groups is 3. The van der Waals surface area contributed by atoms with Crippen molar-refractivity contribution in [2.24, 2.45) is 11.0 Å². The van der Waals surface area contributed by atoms with E-state index in [2.05, 4.69) is 5.32 Å². The number of ether oxygens (including phenoxy) is 1. The second-order valence-electron chi connectivity index (χ2n) is 13.7. The SMILES string of the molecule is C[C@@H]1[C@@H]([Si](C)(C)O)[C@H](CC(=O)N2Cc3ccccc3C[C@H]2CO)O[C@@]12C(=O)Nc1ccc(N3N=C(c4ccccc4)CCC3=O)cc12. The number of amides is 3. The summed E-state index contributed by atoms with van der Waals surface area (Å²) < 4.78 is 6.77. The first-order valence-electron chi connectivity index (χ1n) is 16.3. The van der Waals surface area contributed by atoms with Gasteiger partial charge in [0.05, 0.1) is 36.6 Å². The van der Waals surface area contributed by atoms with Crippen molar-refractivity contribution in [1.29, 1.82) is 0 Å². The van der Waals surface area contributed by atoms with Crippen LogP contribution >= 0.6 is 0 Å². The van der Waals surface area contributed by atoms with E-state index in [1.165, 1.54) is 5.01 Å². The Morgan fingerprint density at radius 1 is 1.04 bits per heavy atom. The minimum atomic E-state index is -3.01. The summed E-state index contributed by atoms with van der Waals surface area (Å²) in [5.74, 6) is -1.16. The number of hydrazone groups is 1. The second kappa shape index (κ2) is 11.8. The van der Waals surface area contributed by atoms with Gasteiger partial charge < -0.3 is 24.9 Å². The van der Waals surface area contributed by atoms with E-state index < -0.39 is 31.5 Å². The molecule has 0 bridgehead atoms. The van der Waals surface area contributed by atoms with Crippen molar-refractivity contribution in [3.8, 4) is 0 Å². The van der Waals surface area contributed by atoms with Crippen LogP contribution in [0.3, 0.4) is 0 Å². The fraction of sp³-hybridized carbons (Fsp3) is 0.389. The van der Waals surface area contributed by atoms with E-state index in [4.69, 9.17) is 9.84 Å². The standard InChI is InChI=1S/C36H40N4O6Si/c1-22-34(47(2,3)45)31(19-33(43)39-20-25-12-8-7-11-24(25)17-27(39)21-41)46-36(22)28-18-26(13-14-30(28)37-35(36)44)40-32(42)16-15-29(38-40)23-9-5-4-6-10-23/h4-14,18,22,27,31,34,41,45H,15-17,19-21H2,1-3H3,(H,37,44)/t22-,27+,31+,34-,36+/m1/s1. The van der Waals surface area contributed by atoms with Crippen molar-refractivity contribution in [2.75, 3.05) is 16.9 Å². The van der Waals surface area contributed by atoms with Crippen LogP contribution in [-0.4, -0.2) is 65.3 Å². The highest BCUT2D eigenvalue weighted by molar-refractivity contribution is 6.71. The normalized spacial score (nSPS) is 27.0. The molecule has 1 spiro atoms. The van der Waals surface area contributed by atoms with Gasteiger partial charge in [-0.1, -0.05) is 61.5 Å². The van der Waals surface area contributed by atoms with Gasteiger partial charge in [0.2, 0.25) is 11.8 Å². The molecule has 4 heterocycles. The Morgan fingerprint density at radius 3 is 2.49 bits per heavy atom. The van der Waals surface area contributed by atoms with Crippen molar-refractivity contribution in [3.05, 3.63) is 95.1 Å². The third kappa shape index (κ3) is 5.31. The van der Waals surface area contributed by atoms with Gasteiger partial charge in [-0.3, -0.25) is 14.4 Å². The summed E-state index contributed by atoms with van der Waals surface area (Å²) in [5.41, 5.74) is 3.64. The topological polar surface area (TPSA) is 132 Å². The molecule has 0 aliphatic carbocycles. The van der Waals surface area contributed by atoms with E-state index in [1.807, 2.05) is 74.6 Å². The number of hydrogen-bond acceptors (Lipinski definition) is 7. The highest BCUT2D eigenvalue weighted by Gasteiger charge is 2.65. The van der Waals surface area contributed by atoms with Gasteiger partial charge in [0.25, 0.3) is 5.91 Å². The van der Waals surface area contributed by atoms with Gasteiger partial charge in [-0.15, -0.1) is 0 Å². The first-order chi connectivity index (χ1) is 22.5. The zero-order valence-corrected chi connectivity index (χ0v) is 27.8. The van der Waals surface area contributed by atoms with Gasteiger partial charge in [0, 0.05) is 42.1 Å². The van der Waals surface area contributed by atoms with Crippen LogP contribution in [0.1, 0.15) is 48.4 Å². The lowest BCUT2D eigenvalue weighted by Crippen LogP contribution is -2.48. The number of carbonyl (C=O) groups excluding carboxylic acids is 3. The predicted octanol–water partition coefficient (Wildman–Crippen LogP) is 4.30. The maximum Gasteiger partial charge on any atom is 0.261 e. The van der Waals surface area contributed by atoms with Gasteiger partial charge in [-0.25, -0.2) is 5.01 Å². The van der Waals surface area contributed by atoms with Gasteiger partial charge in [0.15, 0.2) is 13.9 Å². The summed E-state index contributed by atoms with van der Waals surface area (Å²) in [6.45, 7) is 5.75. The summed E-state index contributed by atoms with van der Waals surface area (Å²) in [6, 6.07) is 22.6. The van der Waals surface area contributed by atoms with Crippen LogP contribution in [0.2, 0.25) is 18.6 Å². The molecule has 4 aliphatic rings. The average Bonchev–Trinajstić information content (AvgIpc) is 3.52. The zero-order chi connectivity index (χ0) is 33.1. The van der Waals surface area contributed by atoms with E-state index >= 15 is 0 Å². The third-order valence-corrected chi connectivity index (χ3v) is 12.9. The molecule has 0 radical (unpaired) electrons. The fourth-order valence-electron chi connectivity index (χ4n) is 8.14. The lowest BCUT2D eigenvalue weighted by molar-refractivity contribution is -0.149. The highest BCUT2D eigenvalue weighted by Crippen LogP contribution is 2.58. The van der Waals surface area contributed by atoms with Crippen molar-refractivity contribution in [1.82, 2.24) is 4.90 Å². The molecular formula is C36H40N4O6Si. The maximum atomic E-state index is 14.0. The molecule has 1 fully saturated rings. The molecule has 7 rings (SSSR count). The average molecular weight is 653 g/mol.